The van der Waals surface area contributed by atoms with Crippen molar-refractivity contribution >= 4 is 39.3 Å². The van der Waals surface area contributed by atoms with Crippen LogP contribution in [0.1, 0.15) is 18.9 Å². The molecule has 4 nitrogen and oxygen atoms in total. The van der Waals surface area contributed by atoms with Crippen LogP contribution in [0.3, 0.4) is 0 Å². The number of halogens is 2. The maximum Gasteiger partial charge on any atom is 0.200 e. The molecule has 2 heterocycles. The van der Waals surface area contributed by atoms with Crippen molar-refractivity contribution in [3.63, 3.8) is 0 Å². The molecule has 1 aromatic carbocycles. The Morgan fingerprint density at radius 2 is 2.13 bits per heavy atom. The number of hydrogen-bond donors (Lipinski definition) is 0. The summed E-state index contributed by atoms with van der Waals surface area (Å²) in [6, 6.07) is 11.6. The van der Waals surface area contributed by atoms with Crippen LogP contribution in [0.15, 0.2) is 50.6 Å². The first-order chi connectivity index (χ1) is 11.2. The Morgan fingerprint density at radius 1 is 1.26 bits per heavy atom. The van der Waals surface area contributed by atoms with Gasteiger partial charge in [0.25, 0.3) is 0 Å². The molecule has 0 atom stereocenters. The van der Waals surface area contributed by atoms with Gasteiger partial charge in [-0.1, -0.05) is 42.4 Å². The van der Waals surface area contributed by atoms with Crippen LogP contribution < -0.4 is 0 Å². The zero-order chi connectivity index (χ0) is 16.2. The third-order valence-corrected chi connectivity index (χ3v) is 4.91. The van der Waals surface area contributed by atoms with E-state index in [-0.39, 0.29) is 0 Å². The summed E-state index contributed by atoms with van der Waals surface area (Å²) in [6.45, 7) is 2.98. The summed E-state index contributed by atoms with van der Waals surface area (Å²) < 4.78 is 8.40. The van der Waals surface area contributed by atoms with Gasteiger partial charge in [0.1, 0.15) is 0 Å². The molecule has 3 aromatic rings. The molecule has 120 valence electrons. The second-order valence-corrected chi connectivity index (χ2v) is 7.14. The summed E-state index contributed by atoms with van der Waals surface area (Å²) in [6.07, 6.45) is 0.998. The van der Waals surface area contributed by atoms with Crippen molar-refractivity contribution in [1.82, 2.24) is 14.8 Å². The largest absolute Gasteiger partial charge is 0.446 e. The fourth-order valence-electron chi connectivity index (χ4n) is 2.21. The van der Waals surface area contributed by atoms with Crippen LogP contribution in [0.25, 0.3) is 11.6 Å². The van der Waals surface area contributed by atoms with Crippen LogP contribution >= 0.6 is 39.3 Å². The smallest absolute Gasteiger partial charge is 0.200 e. The quantitative estimate of drug-likeness (QED) is 0.490. The van der Waals surface area contributed by atoms with E-state index in [4.69, 9.17) is 16.0 Å². The van der Waals surface area contributed by atoms with E-state index in [2.05, 4.69) is 43.7 Å². The Balaban J connectivity index is 1.83. The zero-order valence-corrected chi connectivity index (χ0v) is 15.7. The van der Waals surface area contributed by atoms with Gasteiger partial charge in [0, 0.05) is 17.3 Å². The molecule has 0 aliphatic carbocycles. The van der Waals surface area contributed by atoms with Crippen LogP contribution in [-0.4, -0.2) is 14.8 Å². The van der Waals surface area contributed by atoms with Crippen molar-refractivity contribution in [3.8, 4) is 11.6 Å². The fraction of sp³-hybridized carbons (Fsp3) is 0.250. The van der Waals surface area contributed by atoms with Gasteiger partial charge in [-0.25, -0.2) is 0 Å². The van der Waals surface area contributed by atoms with Gasteiger partial charge in [-0.2, -0.15) is 0 Å². The highest BCUT2D eigenvalue weighted by Gasteiger charge is 2.16. The monoisotopic (exact) mass is 411 g/mol. The van der Waals surface area contributed by atoms with Crippen LogP contribution in [-0.2, 0) is 12.3 Å². The Kier molecular flexibility index (Phi) is 5.46. The number of benzene rings is 1. The lowest BCUT2D eigenvalue weighted by Crippen LogP contribution is -2.01. The molecular weight excluding hydrogens is 398 g/mol. The highest BCUT2D eigenvalue weighted by atomic mass is 79.9. The van der Waals surface area contributed by atoms with Crippen LogP contribution in [0, 0.1) is 0 Å². The van der Waals surface area contributed by atoms with Crippen LogP contribution in [0.4, 0.5) is 0 Å². The first-order valence-corrected chi connectivity index (χ1v) is 9.39. The molecule has 0 saturated carbocycles. The van der Waals surface area contributed by atoms with E-state index in [1.807, 2.05) is 30.3 Å². The average Bonchev–Trinajstić information content (AvgIpc) is 3.12. The molecule has 0 N–H and O–H groups in total. The topological polar surface area (TPSA) is 43.9 Å². The van der Waals surface area contributed by atoms with Crippen LogP contribution in [0.5, 0.6) is 0 Å². The van der Waals surface area contributed by atoms with Crippen molar-refractivity contribution in [3.05, 3.63) is 51.7 Å². The molecule has 3 rings (SSSR count). The van der Waals surface area contributed by atoms with Gasteiger partial charge in [-0.05, 0) is 52.2 Å². The molecule has 0 bridgehead atoms. The Hall–Kier alpha value is -1.24. The number of rotatable bonds is 6. The zero-order valence-electron chi connectivity index (χ0n) is 12.5. The van der Waals surface area contributed by atoms with E-state index < -0.39 is 0 Å². The number of hydrogen-bond acceptors (Lipinski definition) is 4. The molecule has 2 aromatic heterocycles. The first-order valence-electron chi connectivity index (χ1n) is 7.23. The van der Waals surface area contributed by atoms with Gasteiger partial charge >= 0.3 is 0 Å². The maximum atomic E-state index is 6.03. The second-order valence-electron chi connectivity index (χ2n) is 4.98. The number of furan rings is 1. The number of thioether (sulfide) groups is 1. The highest BCUT2D eigenvalue weighted by Crippen LogP contribution is 2.29. The molecule has 0 spiro atoms. The highest BCUT2D eigenvalue weighted by molar-refractivity contribution is 9.10. The number of nitrogens with zero attached hydrogens (tertiary/aromatic N) is 3. The summed E-state index contributed by atoms with van der Waals surface area (Å²) >= 11 is 11.0. The molecule has 0 fully saturated rings. The van der Waals surface area contributed by atoms with Crippen molar-refractivity contribution in [2.24, 2.45) is 0 Å². The minimum Gasteiger partial charge on any atom is -0.446 e. The molecule has 0 aliphatic rings. The predicted octanol–water partition coefficient (Wildman–Crippen LogP) is 5.66. The van der Waals surface area contributed by atoms with Crippen molar-refractivity contribution < 1.29 is 4.42 Å². The molecule has 23 heavy (non-hydrogen) atoms. The van der Waals surface area contributed by atoms with E-state index >= 15 is 0 Å². The Labute approximate surface area is 152 Å². The lowest BCUT2D eigenvalue weighted by molar-refractivity contribution is 0.539. The predicted molar refractivity (Wildman–Crippen MR) is 96.7 cm³/mol. The van der Waals surface area contributed by atoms with E-state index in [1.54, 1.807) is 11.8 Å². The van der Waals surface area contributed by atoms with Crippen LogP contribution in [0.2, 0.25) is 5.02 Å². The SMILES string of the molecule is CCCn1c(SCc2cccc(Cl)c2)nnc1-c1ccc(Br)o1. The third kappa shape index (κ3) is 4.00. The van der Waals surface area contributed by atoms with Gasteiger partial charge in [0.2, 0.25) is 5.82 Å². The van der Waals surface area contributed by atoms with E-state index in [1.165, 1.54) is 0 Å². The standard InChI is InChI=1S/C16H15BrClN3OS/c1-2-8-21-15(13-6-7-14(17)22-13)19-20-16(21)23-10-11-4-3-5-12(18)9-11/h3-7,9H,2,8,10H2,1H3. The summed E-state index contributed by atoms with van der Waals surface area (Å²) in [5.41, 5.74) is 1.16. The summed E-state index contributed by atoms with van der Waals surface area (Å²) in [5.74, 6) is 2.27. The van der Waals surface area contributed by atoms with Gasteiger partial charge in [0.05, 0.1) is 0 Å². The third-order valence-electron chi connectivity index (χ3n) is 3.21. The minimum atomic E-state index is 0.687. The summed E-state index contributed by atoms with van der Waals surface area (Å²) in [5, 5.41) is 10.3. The van der Waals surface area contributed by atoms with E-state index in [9.17, 15) is 0 Å². The molecule has 0 aliphatic heterocycles. The van der Waals surface area contributed by atoms with Crippen molar-refractivity contribution in [2.45, 2.75) is 30.8 Å². The Morgan fingerprint density at radius 3 is 2.83 bits per heavy atom. The van der Waals surface area contributed by atoms with Crippen molar-refractivity contribution in [1.29, 1.82) is 0 Å². The van der Waals surface area contributed by atoms with Gasteiger partial charge < -0.3 is 4.42 Å². The van der Waals surface area contributed by atoms with Gasteiger partial charge in [0.15, 0.2) is 15.6 Å². The molecule has 0 amide bonds. The summed E-state index contributed by atoms with van der Waals surface area (Å²) in [7, 11) is 0. The molecule has 0 unspecified atom stereocenters. The maximum absolute atomic E-state index is 6.03. The second kappa shape index (κ2) is 7.55. The summed E-state index contributed by atoms with van der Waals surface area (Å²) in [4.78, 5) is 0. The average molecular weight is 413 g/mol. The van der Waals surface area contributed by atoms with Gasteiger partial charge in [-0.15, -0.1) is 10.2 Å². The Bertz CT molecular complexity index is 802. The molecular formula is C16H15BrClN3OS. The lowest BCUT2D eigenvalue weighted by atomic mass is 10.2. The number of aromatic nitrogens is 3. The van der Waals surface area contributed by atoms with Crippen molar-refractivity contribution in [2.75, 3.05) is 0 Å². The minimum absolute atomic E-state index is 0.687. The van der Waals surface area contributed by atoms with E-state index in [0.717, 1.165) is 40.3 Å². The fourth-order valence-corrected chi connectivity index (χ4v) is 3.64. The first kappa shape index (κ1) is 16.6. The molecule has 0 radical (unpaired) electrons. The molecule has 7 heteroatoms. The molecule has 0 saturated heterocycles. The lowest BCUT2D eigenvalue weighted by Gasteiger charge is -2.07. The van der Waals surface area contributed by atoms with E-state index in [0.29, 0.717) is 10.4 Å². The normalized spacial score (nSPS) is 11.1. The van der Waals surface area contributed by atoms with Gasteiger partial charge in [-0.3, -0.25) is 4.57 Å².